The lowest BCUT2D eigenvalue weighted by atomic mass is 10.1. The molecule has 2 aromatic rings. The third-order valence-corrected chi connectivity index (χ3v) is 3.07. The van der Waals surface area contributed by atoms with E-state index >= 15 is 0 Å². The van der Waals surface area contributed by atoms with Crippen molar-refractivity contribution in [3.8, 4) is 17.1 Å². The quantitative estimate of drug-likeness (QED) is 0.856. The molecule has 19 heavy (non-hydrogen) atoms. The highest BCUT2D eigenvalue weighted by atomic mass is 35.5. The molecule has 0 radical (unpaired) electrons. The molecule has 1 N–H and O–H groups in total. The zero-order valence-electron chi connectivity index (χ0n) is 10.7. The lowest BCUT2D eigenvalue weighted by Crippen LogP contribution is -2.00. The highest BCUT2D eigenvalue weighted by molar-refractivity contribution is 6.32. The van der Waals surface area contributed by atoms with Crippen LogP contribution >= 0.6 is 23.2 Å². The second-order valence-corrected chi connectivity index (χ2v) is 5.56. The number of hydrogen-bond donors (Lipinski definition) is 1. The number of rotatable bonds is 3. The van der Waals surface area contributed by atoms with Crippen molar-refractivity contribution in [1.82, 2.24) is 9.97 Å². The lowest BCUT2D eigenvalue weighted by Gasteiger charge is -2.08. The summed E-state index contributed by atoms with van der Waals surface area (Å²) in [6.45, 7) is 4.24. The van der Waals surface area contributed by atoms with Gasteiger partial charge in [-0.3, -0.25) is 0 Å². The maximum absolute atomic E-state index is 9.42. The molecule has 0 aliphatic carbocycles. The lowest BCUT2D eigenvalue weighted by molar-refractivity contribution is 0.475. The van der Waals surface area contributed by atoms with Crippen LogP contribution in [-0.2, 0) is 6.42 Å². The van der Waals surface area contributed by atoms with Gasteiger partial charge in [0.05, 0.1) is 5.02 Å². The van der Waals surface area contributed by atoms with Gasteiger partial charge in [-0.05, 0) is 36.6 Å². The van der Waals surface area contributed by atoms with Crippen molar-refractivity contribution in [1.29, 1.82) is 0 Å². The minimum atomic E-state index is 0.0369. The zero-order chi connectivity index (χ0) is 14.0. The average Bonchev–Trinajstić information content (AvgIpc) is 2.31. The normalized spacial score (nSPS) is 11.0. The van der Waals surface area contributed by atoms with E-state index in [1.165, 1.54) is 6.07 Å². The van der Waals surface area contributed by atoms with Gasteiger partial charge in [-0.1, -0.05) is 37.0 Å². The molecule has 0 aliphatic heterocycles. The molecule has 2 rings (SSSR count). The van der Waals surface area contributed by atoms with Crippen LogP contribution in [0.2, 0.25) is 10.2 Å². The molecule has 1 aromatic heterocycles. The molecule has 0 unspecified atom stereocenters. The van der Waals surface area contributed by atoms with Crippen molar-refractivity contribution in [2.75, 3.05) is 0 Å². The summed E-state index contributed by atoms with van der Waals surface area (Å²) in [4.78, 5) is 8.68. The van der Waals surface area contributed by atoms with E-state index in [-0.39, 0.29) is 10.8 Å². The average molecular weight is 297 g/mol. The molecule has 5 heteroatoms. The van der Waals surface area contributed by atoms with E-state index in [1.807, 2.05) is 0 Å². The summed E-state index contributed by atoms with van der Waals surface area (Å²) in [5.74, 6) is 1.04. The van der Waals surface area contributed by atoms with Crippen LogP contribution in [0.3, 0.4) is 0 Å². The Balaban J connectivity index is 2.43. The Morgan fingerprint density at radius 3 is 2.53 bits per heavy atom. The van der Waals surface area contributed by atoms with Gasteiger partial charge in [0.25, 0.3) is 0 Å². The maximum atomic E-state index is 9.42. The Labute approximate surface area is 122 Å². The van der Waals surface area contributed by atoms with Crippen LogP contribution in [0.4, 0.5) is 0 Å². The Hall–Kier alpha value is -1.32. The fraction of sp³-hybridized carbons (Fsp3) is 0.286. The van der Waals surface area contributed by atoms with Gasteiger partial charge in [0.2, 0.25) is 0 Å². The summed E-state index contributed by atoms with van der Waals surface area (Å²) < 4.78 is 0. The molecule has 0 spiro atoms. The monoisotopic (exact) mass is 296 g/mol. The molecular formula is C14H14Cl2N2O. The van der Waals surface area contributed by atoms with Gasteiger partial charge in [0.15, 0.2) is 5.82 Å². The van der Waals surface area contributed by atoms with Crippen LogP contribution in [0.1, 0.15) is 19.5 Å². The van der Waals surface area contributed by atoms with Crippen LogP contribution in [-0.4, -0.2) is 15.1 Å². The van der Waals surface area contributed by atoms with Crippen molar-refractivity contribution in [3.63, 3.8) is 0 Å². The topological polar surface area (TPSA) is 46.0 Å². The van der Waals surface area contributed by atoms with Gasteiger partial charge in [0.1, 0.15) is 10.9 Å². The Kier molecular flexibility index (Phi) is 4.27. The molecule has 0 aliphatic rings. The van der Waals surface area contributed by atoms with Gasteiger partial charge < -0.3 is 5.11 Å². The summed E-state index contributed by atoms with van der Waals surface area (Å²) >= 11 is 11.9. The van der Waals surface area contributed by atoms with Gasteiger partial charge in [-0.2, -0.15) is 0 Å². The van der Waals surface area contributed by atoms with E-state index in [2.05, 4.69) is 23.8 Å². The number of hydrogen-bond acceptors (Lipinski definition) is 3. The van der Waals surface area contributed by atoms with Gasteiger partial charge in [0, 0.05) is 11.3 Å². The van der Waals surface area contributed by atoms with E-state index in [1.54, 1.807) is 18.2 Å². The number of aromatic nitrogens is 2. The molecule has 0 fully saturated rings. The van der Waals surface area contributed by atoms with E-state index in [4.69, 9.17) is 23.2 Å². The summed E-state index contributed by atoms with van der Waals surface area (Å²) in [5.41, 5.74) is 1.63. The van der Waals surface area contributed by atoms with E-state index in [0.717, 1.165) is 17.7 Å². The highest BCUT2D eigenvalue weighted by Crippen LogP contribution is 2.28. The van der Waals surface area contributed by atoms with E-state index in [9.17, 15) is 5.11 Å². The molecule has 3 nitrogen and oxygen atoms in total. The van der Waals surface area contributed by atoms with Crippen LogP contribution in [0.15, 0.2) is 24.3 Å². The number of phenols is 1. The minimum absolute atomic E-state index is 0.0369. The van der Waals surface area contributed by atoms with Crippen molar-refractivity contribution >= 4 is 23.2 Å². The van der Waals surface area contributed by atoms with E-state index in [0.29, 0.717) is 16.9 Å². The predicted molar refractivity (Wildman–Crippen MR) is 77.7 cm³/mol. The first-order valence-corrected chi connectivity index (χ1v) is 6.73. The largest absolute Gasteiger partial charge is 0.506 e. The Morgan fingerprint density at radius 2 is 1.89 bits per heavy atom. The summed E-state index contributed by atoms with van der Waals surface area (Å²) in [7, 11) is 0. The summed E-state index contributed by atoms with van der Waals surface area (Å²) in [6, 6.07) is 6.63. The Morgan fingerprint density at radius 1 is 1.16 bits per heavy atom. The molecular weight excluding hydrogens is 283 g/mol. The fourth-order valence-corrected chi connectivity index (χ4v) is 2.15. The molecule has 0 atom stereocenters. The van der Waals surface area contributed by atoms with Crippen LogP contribution < -0.4 is 0 Å². The first kappa shape index (κ1) is 14.1. The third-order valence-electron chi connectivity index (χ3n) is 2.57. The number of phenolic OH excluding ortho intramolecular Hbond substituents is 1. The van der Waals surface area contributed by atoms with Crippen LogP contribution in [0.25, 0.3) is 11.4 Å². The Bertz CT molecular complexity index is 600. The first-order valence-electron chi connectivity index (χ1n) is 5.98. The summed E-state index contributed by atoms with van der Waals surface area (Å²) in [6.07, 6.45) is 0.834. The number of aromatic hydroxyl groups is 1. The van der Waals surface area contributed by atoms with Gasteiger partial charge >= 0.3 is 0 Å². The van der Waals surface area contributed by atoms with Crippen molar-refractivity contribution in [2.45, 2.75) is 20.3 Å². The van der Waals surface area contributed by atoms with Crippen molar-refractivity contribution in [3.05, 3.63) is 40.1 Å². The zero-order valence-corrected chi connectivity index (χ0v) is 12.2. The molecule has 0 saturated carbocycles. The molecule has 0 bridgehead atoms. The van der Waals surface area contributed by atoms with Crippen molar-refractivity contribution < 1.29 is 5.11 Å². The van der Waals surface area contributed by atoms with Gasteiger partial charge in [-0.25, -0.2) is 9.97 Å². The van der Waals surface area contributed by atoms with Crippen LogP contribution in [0, 0.1) is 5.92 Å². The summed E-state index contributed by atoms with van der Waals surface area (Å²) in [5, 5.41) is 10.1. The predicted octanol–water partition coefficient (Wildman–Crippen LogP) is 4.35. The number of nitrogens with zero attached hydrogens (tertiary/aromatic N) is 2. The molecule has 1 heterocycles. The van der Waals surface area contributed by atoms with Crippen molar-refractivity contribution in [2.24, 2.45) is 5.92 Å². The first-order chi connectivity index (χ1) is 8.95. The van der Waals surface area contributed by atoms with Crippen LogP contribution in [0.5, 0.6) is 5.75 Å². The number of benzene rings is 1. The van der Waals surface area contributed by atoms with Gasteiger partial charge in [-0.15, -0.1) is 0 Å². The standard InChI is InChI=1S/C14H14Cl2N2O/c1-8(2)5-10-7-13(16)18-14(17-10)9-3-4-12(19)11(15)6-9/h3-4,6-8,19H,5H2,1-2H3. The molecule has 100 valence electrons. The maximum Gasteiger partial charge on any atom is 0.161 e. The molecule has 0 saturated heterocycles. The second-order valence-electron chi connectivity index (χ2n) is 4.77. The SMILES string of the molecule is CC(C)Cc1cc(Cl)nc(-c2ccc(O)c(Cl)c2)n1. The molecule has 0 amide bonds. The van der Waals surface area contributed by atoms with E-state index < -0.39 is 0 Å². The fourth-order valence-electron chi connectivity index (χ4n) is 1.76. The second kappa shape index (κ2) is 5.76. The number of halogens is 2. The minimum Gasteiger partial charge on any atom is -0.506 e. The highest BCUT2D eigenvalue weighted by Gasteiger charge is 2.09. The third kappa shape index (κ3) is 3.58. The smallest absolute Gasteiger partial charge is 0.161 e. The molecule has 1 aromatic carbocycles.